The van der Waals surface area contributed by atoms with Crippen LogP contribution in [0.2, 0.25) is 0 Å². The fourth-order valence-corrected chi connectivity index (χ4v) is 2.48. The fraction of sp³-hybridized carbons (Fsp3) is 0.583. The normalized spacial score (nSPS) is 33.4. The van der Waals surface area contributed by atoms with E-state index in [9.17, 15) is 0 Å². The number of hydrogen-bond donors (Lipinski definition) is 1. The lowest BCUT2D eigenvalue weighted by molar-refractivity contribution is 0.0180. The van der Waals surface area contributed by atoms with Crippen LogP contribution in [0.3, 0.4) is 0 Å². The van der Waals surface area contributed by atoms with E-state index in [1.165, 1.54) is 0 Å². The molecule has 0 amide bonds. The molecule has 0 aliphatic carbocycles. The van der Waals surface area contributed by atoms with Gasteiger partial charge in [-0.3, -0.25) is 0 Å². The summed E-state index contributed by atoms with van der Waals surface area (Å²) in [5, 5.41) is 3.34. The van der Waals surface area contributed by atoms with Crippen LogP contribution in [0.1, 0.15) is 12.8 Å². The van der Waals surface area contributed by atoms with Crippen LogP contribution in [0.5, 0.6) is 5.88 Å². The Hall–Kier alpha value is -1.13. The van der Waals surface area contributed by atoms with Crippen LogP contribution >= 0.6 is 0 Å². The van der Waals surface area contributed by atoms with Gasteiger partial charge in [-0.25, -0.2) is 4.98 Å². The summed E-state index contributed by atoms with van der Waals surface area (Å²) < 4.78 is 11.7. The summed E-state index contributed by atoms with van der Waals surface area (Å²) in [6.07, 6.45) is 3.96. The second-order valence-corrected chi connectivity index (χ2v) is 4.53. The van der Waals surface area contributed by atoms with E-state index >= 15 is 0 Å². The smallest absolute Gasteiger partial charge is 0.213 e. The monoisotopic (exact) mass is 220 g/mol. The molecule has 16 heavy (non-hydrogen) atoms. The third-order valence-electron chi connectivity index (χ3n) is 3.30. The summed E-state index contributed by atoms with van der Waals surface area (Å²) in [6, 6.07) is 5.71. The third kappa shape index (κ3) is 1.90. The average molecular weight is 220 g/mol. The Labute approximate surface area is 95.0 Å². The van der Waals surface area contributed by atoms with Crippen molar-refractivity contribution >= 4 is 0 Å². The van der Waals surface area contributed by atoms with Crippen LogP contribution in [-0.4, -0.2) is 36.4 Å². The predicted octanol–water partition coefficient (Wildman–Crippen LogP) is 0.981. The SMILES string of the molecule is c1ccc(O[C@@H]2CO[C@]3(CCNC3)C2)nc1. The molecule has 2 aliphatic rings. The van der Waals surface area contributed by atoms with Crippen molar-refractivity contribution in [2.75, 3.05) is 19.7 Å². The zero-order chi connectivity index (χ0) is 10.8. The fourth-order valence-electron chi connectivity index (χ4n) is 2.48. The maximum atomic E-state index is 5.87. The van der Waals surface area contributed by atoms with Crippen molar-refractivity contribution in [2.24, 2.45) is 0 Å². The molecule has 1 aromatic heterocycles. The molecule has 1 aromatic rings. The van der Waals surface area contributed by atoms with Gasteiger partial charge in [-0.1, -0.05) is 6.07 Å². The summed E-state index contributed by atoms with van der Waals surface area (Å²) >= 11 is 0. The Morgan fingerprint density at radius 1 is 1.50 bits per heavy atom. The van der Waals surface area contributed by atoms with Gasteiger partial charge in [0.2, 0.25) is 5.88 Å². The molecular formula is C12H16N2O2. The molecule has 2 saturated heterocycles. The largest absolute Gasteiger partial charge is 0.472 e. The lowest BCUT2D eigenvalue weighted by Gasteiger charge is -2.20. The van der Waals surface area contributed by atoms with Crippen LogP contribution < -0.4 is 10.1 Å². The van der Waals surface area contributed by atoms with Crippen LogP contribution in [0.25, 0.3) is 0 Å². The molecule has 2 fully saturated rings. The molecule has 0 bridgehead atoms. The Bertz CT molecular complexity index is 349. The maximum Gasteiger partial charge on any atom is 0.213 e. The van der Waals surface area contributed by atoms with Gasteiger partial charge in [0, 0.05) is 25.2 Å². The van der Waals surface area contributed by atoms with Gasteiger partial charge in [0.1, 0.15) is 6.10 Å². The number of nitrogens with zero attached hydrogens (tertiary/aromatic N) is 1. The number of pyridine rings is 1. The molecule has 4 heteroatoms. The molecule has 0 saturated carbocycles. The lowest BCUT2D eigenvalue weighted by Crippen LogP contribution is -2.31. The van der Waals surface area contributed by atoms with Gasteiger partial charge < -0.3 is 14.8 Å². The number of rotatable bonds is 2. The van der Waals surface area contributed by atoms with E-state index in [4.69, 9.17) is 9.47 Å². The summed E-state index contributed by atoms with van der Waals surface area (Å²) in [7, 11) is 0. The first kappa shape index (κ1) is 10.1. The molecule has 0 unspecified atom stereocenters. The summed E-state index contributed by atoms with van der Waals surface area (Å²) in [4.78, 5) is 4.16. The molecule has 3 rings (SSSR count). The molecule has 2 aliphatic heterocycles. The summed E-state index contributed by atoms with van der Waals surface area (Å²) in [5.41, 5.74) is 0.0272. The Morgan fingerprint density at radius 3 is 3.25 bits per heavy atom. The van der Waals surface area contributed by atoms with Crippen LogP contribution in [0, 0.1) is 0 Å². The van der Waals surface area contributed by atoms with E-state index in [2.05, 4.69) is 10.3 Å². The van der Waals surface area contributed by atoms with E-state index in [0.717, 1.165) is 25.9 Å². The first-order chi connectivity index (χ1) is 7.86. The second-order valence-electron chi connectivity index (χ2n) is 4.53. The minimum absolute atomic E-state index is 0.0272. The van der Waals surface area contributed by atoms with Gasteiger partial charge >= 0.3 is 0 Å². The standard InChI is InChI=1S/C12H16N2O2/c1-2-5-14-11(3-1)16-10-7-12(15-8-10)4-6-13-9-12/h1-3,5,10,13H,4,6-9H2/t10-,12+/m0/s1. The molecule has 1 N–H and O–H groups in total. The van der Waals surface area contributed by atoms with E-state index < -0.39 is 0 Å². The van der Waals surface area contributed by atoms with Crippen molar-refractivity contribution in [2.45, 2.75) is 24.5 Å². The molecule has 4 nitrogen and oxygen atoms in total. The highest BCUT2D eigenvalue weighted by Gasteiger charge is 2.43. The van der Waals surface area contributed by atoms with E-state index in [1.807, 2.05) is 18.2 Å². The third-order valence-corrected chi connectivity index (χ3v) is 3.30. The highest BCUT2D eigenvalue weighted by molar-refractivity contribution is 5.10. The van der Waals surface area contributed by atoms with Crippen LogP contribution in [0.4, 0.5) is 0 Å². The van der Waals surface area contributed by atoms with Crippen LogP contribution in [0.15, 0.2) is 24.4 Å². The van der Waals surface area contributed by atoms with Crippen molar-refractivity contribution in [1.29, 1.82) is 0 Å². The van der Waals surface area contributed by atoms with Gasteiger partial charge in [0.15, 0.2) is 0 Å². The van der Waals surface area contributed by atoms with E-state index in [-0.39, 0.29) is 11.7 Å². The highest BCUT2D eigenvalue weighted by atomic mass is 16.6. The molecule has 3 heterocycles. The zero-order valence-electron chi connectivity index (χ0n) is 9.19. The number of aromatic nitrogens is 1. The van der Waals surface area contributed by atoms with Crippen molar-refractivity contribution in [1.82, 2.24) is 10.3 Å². The molecular weight excluding hydrogens is 204 g/mol. The van der Waals surface area contributed by atoms with Gasteiger partial charge in [0.25, 0.3) is 0 Å². The van der Waals surface area contributed by atoms with Gasteiger partial charge in [-0.15, -0.1) is 0 Å². The van der Waals surface area contributed by atoms with Crippen molar-refractivity contribution in [3.8, 4) is 5.88 Å². The van der Waals surface area contributed by atoms with Gasteiger partial charge in [-0.05, 0) is 19.0 Å². The number of ether oxygens (including phenoxy) is 2. The minimum Gasteiger partial charge on any atom is -0.472 e. The summed E-state index contributed by atoms with van der Waals surface area (Å²) in [6.45, 7) is 2.68. The second kappa shape index (κ2) is 4.03. The molecule has 1 spiro atoms. The average Bonchev–Trinajstić information content (AvgIpc) is 2.92. The molecule has 0 radical (unpaired) electrons. The first-order valence-corrected chi connectivity index (χ1v) is 5.79. The number of hydrogen-bond acceptors (Lipinski definition) is 4. The molecule has 2 atom stereocenters. The van der Waals surface area contributed by atoms with Crippen molar-refractivity contribution in [3.05, 3.63) is 24.4 Å². The molecule has 86 valence electrons. The Balaban J connectivity index is 1.62. The van der Waals surface area contributed by atoms with E-state index in [1.54, 1.807) is 6.20 Å². The first-order valence-electron chi connectivity index (χ1n) is 5.79. The maximum absolute atomic E-state index is 5.87. The minimum atomic E-state index is 0.0272. The Morgan fingerprint density at radius 2 is 2.50 bits per heavy atom. The Kier molecular flexibility index (Phi) is 2.53. The number of nitrogens with one attached hydrogen (secondary N) is 1. The van der Waals surface area contributed by atoms with E-state index in [0.29, 0.717) is 12.5 Å². The quantitative estimate of drug-likeness (QED) is 0.807. The van der Waals surface area contributed by atoms with Crippen molar-refractivity contribution < 1.29 is 9.47 Å². The van der Waals surface area contributed by atoms with Crippen molar-refractivity contribution in [3.63, 3.8) is 0 Å². The zero-order valence-corrected chi connectivity index (χ0v) is 9.19. The van der Waals surface area contributed by atoms with Gasteiger partial charge in [0.05, 0.1) is 12.2 Å². The summed E-state index contributed by atoms with van der Waals surface area (Å²) in [5.74, 6) is 0.694. The van der Waals surface area contributed by atoms with Gasteiger partial charge in [-0.2, -0.15) is 0 Å². The lowest BCUT2D eigenvalue weighted by atomic mass is 9.98. The van der Waals surface area contributed by atoms with Crippen LogP contribution in [-0.2, 0) is 4.74 Å². The topological polar surface area (TPSA) is 43.4 Å². The highest BCUT2D eigenvalue weighted by Crippen LogP contribution is 2.32. The predicted molar refractivity (Wildman–Crippen MR) is 59.4 cm³/mol. The molecule has 0 aromatic carbocycles.